The van der Waals surface area contributed by atoms with E-state index < -0.39 is 0 Å². The van der Waals surface area contributed by atoms with Crippen molar-refractivity contribution in [3.8, 4) is 0 Å². The molecule has 0 spiro atoms. The first-order chi connectivity index (χ1) is 11.1. The van der Waals surface area contributed by atoms with E-state index in [1.54, 1.807) is 24.3 Å². The fourth-order valence-corrected chi connectivity index (χ4v) is 2.28. The quantitative estimate of drug-likeness (QED) is 0.754. The van der Waals surface area contributed by atoms with Crippen molar-refractivity contribution in [2.24, 2.45) is 5.73 Å². The smallest absolute Gasteiger partial charge is 0.258 e. The minimum absolute atomic E-state index is 0. The van der Waals surface area contributed by atoms with Crippen molar-refractivity contribution >= 4 is 41.5 Å². The molecule has 0 radical (unpaired) electrons. The lowest BCUT2D eigenvalue weighted by atomic mass is 10.1. The number of nitrogens with two attached hydrogens (primary N) is 1. The number of carbonyl (C=O) groups is 2. The van der Waals surface area contributed by atoms with Crippen LogP contribution in [0.5, 0.6) is 0 Å². The number of carbonyl (C=O) groups excluding carboxylic acids is 2. The van der Waals surface area contributed by atoms with Crippen molar-refractivity contribution in [3.63, 3.8) is 0 Å². The zero-order valence-corrected chi connectivity index (χ0v) is 14.2. The molecule has 128 valence electrons. The molecule has 0 bridgehead atoms. The van der Waals surface area contributed by atoms with Crippen molar-refractivity contribution in [2.75, 3.05) is 5.32 Å². The van der Waals surface area contributed by atoms with Crippen LogP contribution in [0, 0.1) is 0 Å². The molecule has 1 heterocycles. The van der Waals surface area contributed by atoms with E-state index in [1.807, 2.05) is 0 Å². The number of halogens is 2. The Morgan fingerprint density at radius 2 is 2.00 bits per heavy atom. The number of rotatable bonds is 5. The van der Waals surface area contributed by atoms with Crippen molar-refractivity contribution in [3.05, 3.63) is 52.4 Å². The predicted octanol–water partition coefficient (Wildman–Crippen LogP) is 2.96. The Morgan fingerprint density at radius 3 is 2.62 bits per heavy atom. The molecule has 1 saturated carbocycles. The molecule has 1 fully saturated rings. The molecule has 24 heavy (non-hydrogen) atoms. The molecule has 1 aromatic carbocycles. The third-order valence-electron chi connectivity index (χ3n) is 3.50. The third-order valence-corrected chi connectivity index (χ3v) is 3.83. The maximum Gasteiger partial charge on any atom is 0.258 e. The summed E-state index contributed by atoms with van der Waals surface area (Å²) >= 11 is 6.07. The largest absolute Gasteiger partial charge is 0.467 e. The number of amides is 2. The predicted molar refractivity (Wildman–Crippen MR) is 93.7 cm³/mol. The second-order valence-corrected chi connectivity index (χ2v) is 5.81. The molecular weight excluding hydrogens is 353 g/mol. The number of hydrogen-bond acceptors (Lipinski definition) is 4. The second-order valence-electron chi connectivity index (χ2n) is 5.40. The number of furan rings is 1. The van der Waals surface area contributed by atoms with Gasteiger partial charge in [0, 0.05) is 11.7 Å². The molecular formula is C16H17Cl2N3O3. The van der Waals surface area contributed by atoms with Gasteiger partial charge >= 0.3 is 0 Å². The van der Waals surface area contributed by atoms with E-state index in [0.717, 1.165) is 12.8 Å². The van der Waals surface area contributed by atoms with Gasteiger partial charge in [-0.05, 0) is 37.1 Å². The summed E-state index contributed by atoms with van der Waals surface area (Å²) in [6.45, 7) is 0.222. The fraction of sp³-hybridized carbons (Fsp3) is 0.250. The van der Waals surface area contributed by atoms with E-state index in [-0.39, 0.29) is 36.8 Å². The highest BCUT2D eigenvalue weighted by Gasteiger charge is 2.25. The number of hydrogen-bond donors (Lipinski definition) is 3. The number of benzene rings is 1. The molecule has 1 aliphatic carbocycles. The van der Waals surface area contributed by atoms with Crippen LogP contribution < -0.4 is 16.4 Å². The minimum Gasteiger partial charge on any atom is -0.467 e. The summed E-state index contributed by atoms with van der Waals surface area (Å²) in [5.74, 6) is -0.0533. The van der Waals surface area contributed by atoms with Crippen LogP contribution >= 0.6 is 24.0 Å². The number of anilines is 1. The summed E-state index contributed by atoms with van der Waals surface area (Å²) in [4.78, 5) is 24.3. The standard InChI is InChI=1S/C16H16ClN3O3.ClH/c17-14-4-3-11(6-13(14)16(22)19-10-1-2-10)20-15(21)9-5-12(7-18)23-8-9;/h3-6,8,10H,1-2,7,18H2,(H,19,22)(H,20,21);1H. The molecule has 3 rings (SSSR count). The molecule has 0 aliphatic heterocycles. The zero-order chi connectivity index (χ0) is 16.4. The van der Waals surface area contributed by atoms with E-state index in [0.29, 0.717) is 27.6 Å². The second kappa shape index (κ2) is 7.70. The van der Waals surface area contributed by atoms with Crippen molar-refractivity contribution < 1.29 is 14.0 Å². The first kappa shape index (κ1) is 18.3. The van der Waals surface area contributed by atoms with Gasteiger partial charge in [-0.3, -0.25) is 9.59 Å². The molecule has 8 heteroatoms. The summed E-state index contributed by atoms with van der Waals surface area (Å²) in [5, 5.41) is 5.92. The lowest BCUT2D eigenvalue weighted by Gasteiger charge is -2.09. The number of nitrogens with one attached hydrogen (secondary N) is 2. The van der Waals surface area contributed by atoms with Gasteiger partial charge in [0.1, 0.15) is 12.0 Å². The Hall–Kier alpha value is -2.02. The summed E-state index contributed by atoms with van der Waals surface area (Å²) in [6.07, 6.45) is 3.32. The lowest BCUT2D eigenvalue weighted by molar-refractivity contribution is 0.0949. The Bertz CT molecular complexity index is 757. The maximum absolute atomic E-state index is 12.2. The van der Waals surface area contributed by atoms with Crippen molar-refractivity contribution in [1.29, 1.82) is 0 Å². The summed E-state index contributed by atoms with van der Waals surface area (Å²) in [6, 6.07) is 6.59. The van der Waals surface area contributed by atoms with E-state index in [1.165, 1.54) is 6.26 Å². The zero-order valence-electron chi connectivity index (χ0n) is 12.7. The Kier molecular flexibility index (Phi) is 5.88. The van der Waals surface area contributed by atoms with Crippen LogP contribution in [0.15, 0.2) is 34.9 Å². The molecule has 0 atom stereocenters. The first-order valence-corrected chi connectivity index (χ1v) is 7.64. The van der Waals surface area contributed by atoms with Gasteiger partial charge in [-0.1, -0.05) is 11.6 Å². The van der Waals surface area contributed by atoms with Gasteiger partial charge in [0.15, 0.2) is 0 Å². The van der Waals surface area contributed by atoms with Crippen LogP contribution in [0.25, 0.3) is 0 Å². The van der Waals surface area contributed by atoms with Crippen LogP contribution in [0.1, 0.15) is 39.3 Å². The van der Waals surface area contributed by atoms with Gasteiger partial charge < -0.3 is 20.8 Å². The monoisotopic (exact) mass is 369 g/mol. The third kappa shape index (κ3) is 4.29. The van der Waals surface area contributed by atoms with E-state index in [9.17, 15) is 9.59 Å². The van der Waals surface area contributed by atoms with Crippen LogP contribution in [0.2, 0.25) is 5.02 Å². The van der Waals surface area contributed by atoms with Gasteiger partial charge in [0.05, 0.1) is 22.7 Å². The molecule has 2 amide bonds. The Morgan fingerprint density at radius 1 is 1.25 bits per heavy atom. The molecule has 6 nitrogen and oxygen atoms in total. The highest BCUT2D eigenvalue weighted by molar-refractivity contribution is 6.34. The van der Waals surface area contributed by atoms with Gasteiger partial charge in [0.2, 0.25) is 0 Å². The average molecular weight is 370 g/mol. The van der Waals surface area contributed by atoms with E-state index in [2.05, 4.69) is 10.6 Å². The van der Waals surface area contributed by atoms with Crippen LogP contribution in [-0.4, -0.2) is 17.9 Å². The Labute approximate surface area is 150 Å². The van der Waals surface area contributed by atoms with E-state index in [4.69, 9.17) is 21.8 Å². The summed E-state index contributed by atoms with van der Waals surface area (Å²) in [7, 11) is 0. The highest BCUT2D eigenvalue weighted by Crippen LogP contribution is 2.24. The maximum atomic E-state index is 12.2. The molecule has 2 aromatic rings. The minimum atomic E-state index is -0.343. The van der Waals surface area contributed by atoms with Gasteiger partial charge in [-0.15, -0.1) is 12.4 Å². The molecule has 0 unspecified atom stereocenters. The first-order valence-electron chi connectivity index (χ1n) is 7.26. The van der Waals surface area contributed by atoms with Crippen molar-refractivity contribution in [1.82, 2.24) is 5.32 Å². The summed E-state index contributed by atoms with van der Waals surface area (Å²) in [5.41, 5.74) is 6.63. The highest BCUT2D eigenvalue weighted by atomic mass is 35.5. The van der Waals surface area contributed by atoms with Crippen LogP contribution in [-0.2, 0) is 6.54 Å². The summed E-state index contributed by atoms with van der Waals surface area (Å²) < 4.78 is 5.13. The lowest BCUT2D eigenvalue weighted by Crippen LogP contribution is -2.25. The SMILES string of the molecule is Cl.NCc1cc(C(=O)Nc2ccc(Cl)c(C(=O)NC3CC3)c2)co1. The van der Waals surface area contributed by atoms with Gasteiger partial charge in [-0.2, -0.15) is 0 Å². The van der Waals surface area contributed by atoms with E-state index >= 15 is 0 Å². The van der Waals surface area contributed by atoms with Gasteiger partial charge in [0.25, 0.3) is 11.8 Å². The molecule has 1 aromatic heterocycles. The van der Waals surface area contributed by atoms with Crippen LogP contribution in [0.4, 0.5) is 5.69 Å². The molecule has 1 aliphatic rings. The average Bonchev–Trinajstić information content (AvgIpc) is 3.21. The molecule has 4 N–H and O–H groups in total. The normalized spacial score (nSPS) is 13.1. The van der Waals surface area contributed by atoms with Crippen molar-refractivity contribution in [2.45, 2.75) is 25.4 Å². The van der Waals surface area contributed by atoms with Gasteiger partial charge in [-0.25, -0.2) is 0 Å². The Balaban J connectivity index is 0.00000208. The fourth-order valence-electron chi connectivity index (χ4n) is 2.08. The molecule has 0 saturated heterocycles. The van der Waals surface area contributed by atoms with Crippen LogP contribution in [0.3, 0.4) is 0 Å². The topological polar surface area (TPSA) is 97.4 Å².